The fourth-order valence-electron chi connectivity index (χ4n) is 3.58. The molecule has 0 radical (unpaired) electrons. The lowest BCUT2D eigenvalue weighted by atomic mass is 10.0. The number of thiazole rings is 1. The minimum Gasteiger partial charge on any atom is -0.476 e. The van der Waals surface area contributed by atoms with Crippen LogP contribution in [0.25, 0.3) is 38.5 Å². The number of para-hydroxylation sites is 1. The van der Waals surface area contributed by atoms with E-state index >= 15 is 0 Å². The third-order valence-corrected chi connectivity index (χ3v) is 5.77. The number of carboxylic acids is 1. The van der Waals surface area contributed by atoms with Crippen molar-refractivity contribution in [2.24, 2.45) is 0 Å². The van der Waals surface area contributed by atoms with E-state index in [1.54, 1.807) is 10.9 Å². The summed E-state index contributed by atoms with van der Waals surface area (Å²) in [4.78, 5) is 20.3. The van der Waals surface area contributed by atoms with E-state index in [9.17, 15) is 9.90 Å². The summed E-state index contributed by atoms with van der Waals surface area (Å²) in [5.74, 6) is -1.06. The highest BCUT2D eigenvalue weighted by Gasteiger charge is 2.22. The van der Waals surface area contributed by atoms with Crippen molar-refractivity contribution in [2.45, 2.75) is 6.92 Å². The molecular formula is C23H16N4O2S. The number of hydrogen-bond acceptors (Lipinski definition) is 5. The summed E-state index contributed by atoms with van der Waals surface area (Å²) < 4.78 is 1.73. The zero-order chi connectivity index (χ0) is 20.7. The lowest BCUT2D eigenvalue weighted by molar-refractivity contribution is 0.0691. The number of rotatable bonds is 4. The average Bonchev–Trinajstić information content (AvgIpc) is 3.39. The van der Waals surface area contributed by atoms with Gasteiger partial charge in [-0.05, 0) is 13.0 Å². The summed E-state index contributed by atoms with van der Waals surface area (Å²) in [6.45, 7) is 2.02. The predicted molar refractivity (Wildman–Crippen MR) is 117 cm³/mol. The van der Waals surface area contributed by atoms with Gasteiger partial charge in [-0.15, -0.1) is 11.3 Å². The van der Waals surface area contributed by atoms with Crippen LogP contribution in [0.1, 0.15) is 16.1 Å². The van der Waals surface area contributed by atoms with Crippen LogP contribution < -0.4 is 0 Å². The van der Waals surface area contributed by atoms with E-state index in [0.29, 0.717) is 5.13 Å². The molecule has 0 unspecified atom stereocenters. The summed E-state index contributed by atoms with van der Waals surface area (Å²) in [6, 6.07) is 19.9. The van der Waals surface area contributed by atoms with Gasteiger partial charge in [0, 0.05) is 33.7 Å². The van der Waals surface area contributed by atoms with Crippen LogP contribution in [-0.4, -0.2) is 30.8 Å². The number of carbonyl (C=O) groups is 1. The molecule has 0 fully saturated rings. The van der Waals surface area contributed by atoms with Gasteiger partial charge in [0.1, 0.15) is 0 Å². The average molecular weight is 412 g/mol. The third-order valence-electron chi connectivity index (χ3n) is 4.95. The zero-order valence-corrected chi connectivity index (χ0v) is 16.8. The standard InChI is InChI=1S/C23H16N4O2S/c1-14-19(15-7-3-2-4-8-15)26-27(23-25-18(13-30-23)22(28)29)21(14)17-11-5-9-16-10-6-12-24-20(16)17/h2-13H,1H3,(H,28,29). The molecule has 0 aliphatic carbocycles. The maximum atomic E-state index is 11.4. The summed E-state index contributed by atoms with van der Waals surface area (Å²) in [5, 5.41) is 17.2. The summed E-state index contributed by atoms with van der Waals surface area (Å²) in [7, 11) is 0. The van der Waals surface area contributed by atoms with Gasteiger partial charge in [0.15, 0.2) is 5.69 Å². The molecule has 0 saturated carbocycles. The Hall–Kier alpha value is -3.84. The number of benzene rings is 2. The molecule has 0 amide bonds. The van der Waals surface area contributed by atoms with E-state index in [1.165, 1.54) is 16.7 Å². The van der Waals surface area contributed by atoms with E-state index in [1.807, 2.05) is 67.6 Å². The second-order valence-electron chi connectivity index (χ2n) is 6.80. The van der Waals surface area contributed by atoms with Crippen LogP contribution in [0.4, 0.5) is 0 Å². The largest absolute Gasteiger partial charge is 0.476 e. The lowest BCUT2D eigenvalue weighted by Crippen LogP contribution is -2.02. The van der Waals surface area contributed by atoms with Crippen molar-refractivity contribution >= 4 is 28.2 Å². The fourth-order valence-corrected chi connectivity index (χ4v) is 4.33. The first-order chi connectivity index (χ1) is 14.6. The van der Waals surface area contributed by atoms with E-state index in [4.69, 9.17) is 5.10 Å². The molecule has 5 aromatic rings. The molecule has 2 aromatic carbocycles. The van der Waals surface area contributed by atoms with Crippen molar-refractivity contribution < 1.29 is 9.90 Å². The number of hydrogen-bond donors (Lipinski definition) is 1. The number of pyridine rings is 1. The van der Waals surface area contributed by atoms with Crippen molar-refractivity contribution in [3.63, 3.8) is 0 Å². The van der Waals surface area contributed by atoms with Crippen LogP contribution in [0.3, 0.4) is 0 Å². The molecule has 3 heterocycles. The van der Waals surface area contributed by atoms with Gasteiger partial charge in [0.05, 0.1) is 16.9 Å². The molecule has 6 nitrogen and oxygen atoms in total. The number of carboxylic acid groups (broad SMARTS) is 1. The number of nitrogens with zero attached hydrogens (tertiary/aromatic N) is 4. The van der Waals surface area contributed by atoms with Gasteiger partial charge in [-0.2, -0.15) is 5.10 Å². The minimum absolute atomic E-state index is 0.00593. The molecule has 0 spiro atoms. The zero-order valence-electron chi connectivity index (χ0n) is 16.0. The SMILES string of the molecule is Cc1c(-c2ccccc2)nn(-c2nc(C(=O)O)cs2)c1-c1cccc2cccnc12. The highest BCUT2D eigenvalue weighted by molar-refractivity contribution is 7.12. The Morgan fingerprint density at radius 2 is 1.83 bits per heavy atom. The molecule has 5 rings (SSSR count). The van der Waals surface area contributed by atoms with Crippen LogP contribution >= 0.6 is 11.3 Å². The number of aromatic nitrogens is 4. The van der Waals surface area contributed by atoms with Crippen LogP contribution in [0.15, 0.2) is 72.2 Å². The number of aromatic carboxylic acids is 1. The Morgan fingerprint density at radius 3 is 2.60 bits per heavy atom. The first kappa shape index (κ1) is 18.2. The maximum absolute atomic E-state index is 11.4. The van der Waals surface area contributed by atoms with Crippen LogP contribution in [0.5, 0.6) is 0 Å². The van der Waals surface area contributed by atoms with Crippen LogP contribution in [0, 0.1) is 6.92 Å². The van der Waals surface area contributed by atoms with Crippen LogP contribution in [-0.2, 0) is 0 Å². The minimum atomic E-state index is -1.06. The molecule has 0 aliphatic heterocycles. The third kappa shape index (κ3) is 2.96. The fraction of sp³-hybridized carbons (Fsp3) is 0.0435. The van der Waals surface area contributed by atoms with Crippen molar-refractivity contribution in [1.29, 1.82) is 0 Å². The van der Waals surface area contributed by atoms with Gasteiger partial charge in [0.2, 0.25) is 5.13 Å². The Kier molecular flexibility index (Phi) is 4.37. The highest BCUT2D eigenvalue weighted by atomic mass is 32.1. The molecule has 0 atom stereocenters. The Balaban J connectivity index is 1.82. The molecule has 0 saturated heterocycles. The van der Waals surface area contributed by atoms with Gasteiger partial charge in [0.25, 0.3) is 0 Å². The van der Waals surface area contributed by atoms with E-state index in [0.717, 1.165) is 39.0 Å². The number of fused-ring (bicyclic) bond motifs is 1. The highest BCUT2D eigenvalue weighted by Crippen LogP contribution is 2.36. The second kappa shape index (κ2) is 7.20. The van der Waals surface area contributed by atoms with Gasteiger partial charge < -0.3 is 5.11 Å². The van der Waals surface area contributed by atoms with Crippen molar-refractivity contribution in [3.05, 3.63) is 83.5 Å². The van der Waals surface area contributed by atoms with Gasteiger partial charge >= 0.3 is 5.97 Å². The van der Waals surface area contributed by atoms with Crippen molar-refractivity contribution in [2.75, 3.05) is 0 Å². The van der Waals surface area contributed by atoms with Crippen molar-refractivity contribution in [3.8, 4) is 27.6 Å². The summed E-state index contributed by atoms with van der Waals surface area (Å²) >= 11 is 1.25. The van der Waals surface area contributed by atoms with Gasteiger partial charge in [-0.25, -0.2) is 14.5 Å². The van der Waals surface area contributed by atoms with E-state index in [2.05, 4.69) is 9.97 Å². The monoisotopic (exact) mass is 412 g/mol. The molecule has 0 aliphatic rings. The molecule has 7 heteroatoms. The summed E-state index contributed by atoms with van der Waals surface area (Å²) in [6.07, 6.45) is 1.77. The first-order valence-electron chi connectivity index (χ1n) is 9.32. The molecule has 146 valence electrons. The van der Waals surface area contributed by atoms with Gasteiger partial charge in [-0.1, -0.05) is 54.6 Å². The molecule has 3 aromatic heterocycles. The maximum Gasteiger partial charge on any atom is 0.355 e. The molecule has 0 bridgehead atoms. The van der Waals surface area contributed by atoms with Crippen LogP contribution in [0.2, 0.25) is 0 Å². The Morgan fingerprint density at radius 1 is 1.03 bits per heavy atom. The molecular weight excluding hydrogens is 396 g/mol. The predicted octanol–water partition coefficient (Wildman–Crippen LogP) is 5.22. The van der Waals surface area contributed by atoms with Gasteiger partial charge in [-0.3, -0.25) is 4.98 Å². The lowest BCUT2D eigenvalue weighted by Gasteiger charge is -2.09. The first-order valence-corrected chi connectivity index (χ1v) is 10.2. The smallest absolute Gasteiger partial charge is 0.355 e. The van der Waals surface area contributed by atoms with Crippen molar-refractivity contribution in [1.82, 2.24) is 19.7 Å². The normalized spacial score (nSPS) is 11.1. The van der Waals surface area contributed by atoms with E-state index < -0.39 is 5.97 Å². The molecule has 30 heavy (non-hydrogen) atoms. The quantitative estimate of drug-likeness (QED) is 0.438. The topological polar surface area (TPSA) is 80.9 Å². The Labute approximate surface area is 176 Å². The Bertz CT molecular complexity index is 1380. The molecule has 1 N–H and O–H groups in total. The summed E-state index contributed by atoms with van der Waals surface area (Å²) in [5.41, 5.74) is 5.43. The second-order valence-corrected chi connectivity index (χ2v) is 7.64. The van der Waals surface area contributed by atoms with E-state index in [-0.39, 0.29) is 5.69 Å².